The zero-order valence-electron chi connectivity index (χ0n) is 7.72. The van der Waals surface area contributed by atoms with E-state index in [2.05, 4.69) is 0 Å². The van der Waals surface area contributed by atoms with Crippen molar-refractivity contribution < 1.29 is 4.79 Å². The topological polar surface area (TPSA) is 17.1 Å². The second-order valence-corrected chi connectivity index (χ2v) is 4.44. The fraction of sp³-hybridized carbons (Fsp3) is 0.909. The Morgan fingerprint density at radius 3 is 2.42 bits per heavy atom. The molecule has 2 aliphatic carbocycles. The number of rotatable bonds is 2. The number of carbonyl (C=O) groups is 1. The highest BCUT2D eigenvalue weighted by atomic mass is 16.1. The van der Waals surface area contributed by atoms with Crippen molar-refractivity contribution in [3.8, 4) is 0 Å². The predicted molar refractivity (Wildman–Crippen MR) is 48.9 cm³/mol. The van der Waals surface area contributed by atoms with E-state index in [1.807, 2.05) is 0 Å². The van der Waals surface area contributed by atoms with Crippen LogP contribution in [0.4, 0.5) is 0 Å². The van der Waals surface area contributed by atoms with Gasteiger partial charge in [-0.3, -0.25) is 4.79 Å². The maximum atomic E-state index is 11.4. The third kappa shape index (κ3) is 1.70. The first kappa shape index (κ1) is 8.28. The second kappa shape index (κ2) is 3.59. The van der Waals surface area contributed by atoms with Crippen molar-refractivity contribution in [1.82, 2.24) is 0 Å². The third-order valence-electron chi connectivity index (χ3n) is 3.52. The summed E-state index contributed by atoms with van der Waals surface area (Å²) in [5, 5.41) is 0. The van der Waals surface area contributed by atoms with Crippen LogP contribution >= 0.6 is 0 Å². The Morgan fingerprint density at radius 1 is 1.08 bits per heavy atom. The van der Waals surface area contributed by atoms with Gasteiger partial charge in [0.2, 0.25) is 0 Å². The van der Waals surface area contributed by atoms with Crippen LogP contribution in [0, 0.1) is 11.8 Å². The minimum absolute atomic E-state index is 0.466. The molecule has 2 saturated carbocycles. The Kier molecular flexibility index (Phi) is 2.48. The lowest BCUT2D eigenvalue weighted by atomic mass is 9.92. The zero-order chi connectivity index (χ0) is 8.39. The highest BCUT2D eigenvalue weighted by Crippen LogP contribution is 2.35. The number of carbonyl (C=O) groups excluding carboxylic acids is 1. The first-order valence-electron chi connectivity index (χ1n) is 5.39. The molecule has 0 N–H and O–H groups in total. The summed E-state index contributed by atoms with van der Waals surface area (Å²) in [4.78, 5) is 11.4. The van der Waals surface area contributed by atoms with E-state index in [1.165, 1.54) is 38.5 Å². The van der Waals surface area contributed by atoms with Crippen molar-refractivity contribution in [2.75, 3.05) is 0 Å². The highest BCUT2D eigenvalue weighted by Gasteiger charge is 2.28. The smallest absolute Gasteiger partial charge is 0.135 e. The van der Waals surface area contributed by atoms with Gasteiger partial charge in [0.05, 0.1) is 0 Å². The lowest BCUT2D eigenvalue weighted by Crippen LogP contribution is -2.10. The third-order valence-corrected chi connectivity index (χ3v) is 3.52. The maximum Gasteiger partial charge on any atom is 0.135 e. The number of hydrogen-bond donors (Lipinski definition) is 0. The summed E-state index contributed by atoms with van der Waals surface area (Å²) in [6.45, 7) is 0. The molecule has 0 spiro atoms. The molecule has 1 atom stereocenters. The number of ketones is 1. The van der Waals surface area contributed by atoms with Gasteiger partial charge in [0.15, 0.2) is 0 Å². The van der Waals surface area contributed by atoms with Crippen molar-refractivity contribution >= 4 is 5.78 Å². The largest absolute Gasteiger partial charge is 0.299 e. The number of Topliss-reactive ketones (excluding diaryl/α,β-unsaturated/α-hetero) is 1. The van der Waals surface area contributed by atoms with Crippen LogP contribution in [0.15, 0.2) is 0 Å². The molecule has 12 heavy (non-hydrogen) atoms. The van der Waals surface area contributed by atoms with E-state index in [0.717, 1.165) is 18.8 Å². The van der Waals surface area contributed by atoms with E-state index in [9.17, 15) is 4.79 Å². The molecule has 2 aliphatic rings. The molecule has 2 rings (SSSR count). The average Bonchev–Trinajstić information content (AvgIpc) is 2.65. The molecule has 0 unspecified atom stereocenters. The summed E-state index contributed by atoms with van der Waals surface area (Å²) in [7, 11) is 0. The summed E-state index contributed by atoms with van der Waals surface area (Å²) < 4.78 is 0. The molecule has 0 heterocycles. The second-order valence-electron chi connectivity index (χ2n) is 4.44. The van der Waals surface area contributed by atoms with E-state index >= 15 is 0 Å². The van der Waals surface area contributed by atoms with Gasteiger partial charge in [0.25, 0.3) is 0 Å². The maximum absolute atomic E-state index is 11.4. The Hall–Kier alpha value is -0.330. The van der Waals surface area contributed by atoms with Gasteiger partial charge in [-0.1, -0.05) is 25.7 Å². The van der Waals surface area contributed by atoms with Gasteiger partial charge in [0.1, 0.15) is 5.78 Å². The van der Waals surface area contributed by atoms with Gasteiger partial charge in [-0.2, -0.15) is 0 Å². The highest BCUT2D eigenvalue weighted by molar-refractivity contribution is 5.82. The molecule has 2 fully saturated rings. The molecule has 68 valence electrons. The summed E-state index contributed by atoms with van der Waals surface area (Å²) in [6.07, 6.45) is 10.0. The van der Waals surface area contributed by atoms with Gasteiger partial charge < -0.3 is 0 Å². The van der Waals surface area contributed by atoms with Crippen LogP contribution in [-0.2, 0) is 4.79 Å². The fourth-order valence-corrected chi connectivity index (χ4v) is 2.79. The Balaban J connectivity index is 1.81. The van der Waals surface area contributed by atoms with Crippen molar-refractivity contribution in [3.05, 3.63) is 0 Å². The van der Waals surface area contributed by atoms with E-state index in [0.29, 0.717) is 11.7 Å². The molecule has 0 saturated heterocycles. The van der Waals surface area contributed by atoms with Gasteiger partial charge in [-0.15, -0.1) is 0 Å². The molecule has 0 bridgehead atoms. The molecule has 0 aromatic carbocycles. The summed E-state index contributed by atoms with van der Waals surface area (Å²) in [5.74, 6) is 1.92. The van der Waals surface area contributed by atoms with Crippen LogP contribution in [0.1, 0.15) is 51.4 Å². The van der Waals surface area contributed by atoms with Crippen LogP contribution in [0.5, 0.6) is 0 Å². The Morgan fingerprint density at radius 2 is 1.83 bits per heavy atom. The SMILES string of the molecule is O=C1CCC[C@H]1CC1CCCC1. The molecule has 1 nitrogen and oxygen atoms in total. The van der Waals surface area contributed by atoms with Crippen molar-refractivity contribution in [2.45, 2.75) is 51.4 Å². The van der Waals surface area contributed by atoms with Crippen LogP contribution in [0.3, 0.4) is 0 Å². The predicted octanol–water partition coefficient (Wildman–Crippen LogP) is 2.94. The lowest BCUT2D eigenvalue weighted by Gasteiger charge is -2.12. The first-order chi connectivity index (χ1) is 5.86. The molecule has 0 aromatic rings. The summed E-state index contributed by atoms with van der Waals surface area (Å²) in [6, 6.07) is 0. The number of hydrogen-bond acceptors (Lipinski definition) is 1. The molecular formula is C11H18O. The zero-order valence-corrected chi connectivity index (χ0v) is 7.72. The van der Waals surface area contributed by atoms with Gasteiger partial charge >= 0.3 is 0 Å². The van der Waals surface area contributed by atoms with Crippen LogP contribution in [-0.4, -0.2) is 5.78 Å². The minimum Gasteiger partial charge on any atom is -0.299 e. The van der Waals surface area contributed by atoms with Gasteiger partial charge in [-0.05, 0) is 25.2 Å². The van der Waals surface area contributed by atoms with Crippen LogP contribution in [0.2, 0.25) is 0 Å². The van der Waals surface area contributed by atoms with Crippen molar-refractivity contribution in [2.24, 2.45) is 11.8 Å². The van der Waals surface area contributed by atoms with Crippen molar-refractivity contribution in [3.63, 3.8) is 0 Å². The summed E-state index contributed by atoms with van der Waals surface area (Å²) >= 11 is 0. The first-order valence-corrected chi connectivity index (χ1v) is 5.39. The van der Waals surface area contributed by atoms with E-state index < -0.39 is 0 Å². The monoisotopic (exact) mass is 166 g/mol. The molecule has 0 aliphatic heterocycles. The molecule has 0 aromatic heterocycles. The van der Waals surface area contributed by atoms with Crippen molar-refractivity contribution in [1.29, 1.82) is 0 Å². The molecule has 0 radical (unpaired) electrons. The van der Waals surface area contributed by atoms with Crippen LogP contribution in [0.25, 0.3) is 0 Å². The summed E-state index contributed by atoms with van der Waals surface area (Å²) in [5.41, 5.74) is 0. The normalized spacial score (nSPS) is 31.7. The van der Waals surface area contributed by atoms with Crippen LogP contribution < -0.4 is 0 Å². The average molecular weight is 166 g/mol. The standard InChI is InChI=1S/C11H18O/c12-11-7-3-6-10(11)8-9-4-1-2-5-9/h9-10H,1-8H2/t10-/m0/s1. The van der Waals surface area contributed by atoms with E-state index in [4.69, 9.17) is 0 Å². The van der Waals surface area contributed by atoms with Gasteiger partial charge in [-0.25, -0.2) is 0 Å². The van der Waals surface area contributed by atoms with E-state index in [1.54, 1.807) is 0 Å². The van der Waals surface area contributed by atoms with E-state index in [-0.39, 0.29) is 0 Å². The minimum atomic E-state index is 0.466. The van der Waals surface area contributed by atoms with Gasteiger partial charge in [0, 0.05) is 12.3 Å². The molecule has 1 heteroatoms. The molecule has 0 amide bonds. The molecular weight excluding hydrogens is 148 g/mol. The Bertz CT molecular complexity index is 168. The fourth-order valence-electron chi connectivity index (χ4n) is 2.79. The lowest BCUT2D eigenvalue weighted by molar-refractivity contribution is -0.121. The quantitative estimate of drug-likeness (QED) is 0.616. The Labute approximate surface area is 74.5 Å².